The molecule has 0 aliphatic carbocycles. The van der Waals surface area contributed by atoms with E-state index in [1.54, 1.807) is 19.0 Å². The largest absolute Gasteiger partial charge is 0.368 e. The van der Waals surface area contributed by atoms with Gasteiger partial charge in [0.2, 0.25) is 0 Å². The van der Waals surface area contributed by atoms with Crippen molar-refractivity contribution >= 4 is 17.8 Å². The lowest BCUT2D eigenvalue weighted by Gasteiger charge is -2.37. The van der Waals surface area contributed by atoms with Crippen molar-refractivity contribution in [2.75, 3.05) is 60.0 Å². The third-order valence-corrected chi connectivity index (χ3v) is 5.67. The van der Waals surface area contributed by atoms with Crippen molar-refractivity contribution in [3.8, 4) is 0 Å². The summed E-state index contributed by atoms with van der Waals surface area (Å²) in [5, 5.41) is 3.37. The van der Waals surface area contributed by atoms with Gasteiger partial charge in [-0.05, 0) is 43.9 Å². The first-order valence-electron chi connectivity index (χ1n) is 11.2. The first-order chi connectivity index (χ1) is 15.0. The Labute approximate surface area is 185 Å². The molecule has 0 radical (unpaired) electrons. The highest BCUT2D eigenvalue weighted by Crippen LogP contribution is 2.16. The maximum Gasteiger partial charge on any atom is 0.253 e. The van der Waals surface area contributed by atoms with Crippen LogP contribution in [0.1, 0.15) is 35.7 Å². The third kappa shape index (κ3) is 6.19. The van der Waals surface area contributed by atoms with Gasteiger partial charge in [-0.1, -0.05) is 12.1 Å². The quantitative estimate of drug-likeness (QED) is 0.544. The molecule has 170 valence electrons. The molecule has 31 heavy (non-hydrogen) atoms. The SMILES string of the molecule is CCNC(=NCCc1cccc(C(=O)N(C)C)c1)N1CCN(C(=O)C2CCCO2)CC1. The number of ether oxygens (including phenoxy) is 1. The van der Waals surface area contributed by atoms with E-state index >= 15 is 0 Å². The van der Waals surface area contributed by atoms with Gasteiger partial charge in [-0.2, -0.15) is 0 Å². The zero-order chi connectivity index (χ0) is 22.2. The summed E-state index contributed by atoms with van der Waals surface area (Å²) in [4.78, 5) is 35.3. The Morgan fingerprint density at radius 3 is 2.58 bits per heavy atom. The fraction of sp³-hybridized carbons (Fsp3) is 0.609. The summed E-state index contributed by atoms with van der Waals surface area (Å²) in [7, 11) is 3.52. The molecule has 0 saturated carbocycles. The number of carbonyl (C=O) groups excluding carboxylic acids is 2. The van der Waals surface area contributed by atoms with Gasteiger partial charge in [0.25, 0.3) is 11.8 Å². The molecule has 2 aliphatic heterocycles. The number of rotatable bonds is 6. The Kier molecular flexibility index (Phi) is 8.28. The number of nitrogens with zero attached hydrogens (tertiary/aromatic N) is 4. The van der Waals surface area contributed by atoms with Gasteiger partial charge in [0.1, 0.15) is 6.10 Å². The van der Waals surface area contributed by atoms with Crippen LogP contribution >= 0.6 is 0 Å². The molecule has 0 bridgehead atoms. The lowest BCUT2D eigenvalue weighted by Crippen LogP contribution is -2.55. The van der Waals surface area contributed by atoms with E-state index < -0.39 is 0 Å². The van der Waals surface area contributed by atoms with Gasteiger partial charge in [-0.3, -0.25) is 14.6 Å². The van der Waals surface area contributed by atoms with Crippen molar-refractivity contribution in [3.63, 3.8) is 0 Å². The van der Waals surface area contributed by atoms with E-state index in [-0.39, 0.29) is 17.9 Å². The van der Waals surface area contributed by atoms with E-state index in [9.17, 15) is 9.59 Å². The lowest BCUT2D eigenvalue weighted by molar-refractivity contribution is -0.142. The molecule has 1 unspecified atom stereocenters. The van der Waals surface area contributed by atoms with Crippen LogP contribution in [0, 0.1) is 0 Å². The average molecular weight is 430 g/mol. The van der Waals surface area contributed by atoms with Gasteiger partial charge in [0, 0.05) is 65.5 Å². The van der Waals surface area contributed by atoms with E-state index in [0.717, 1.165) is 50.4 Å². The molecule has 2 fully saturated rings. The number of aliphatic imine (C=N–C) groups is 1. The van der Waals surface area contributed by atoms with Gasteiger partial charge in [0.05, 0.1) is 0 Å². The van der Waals surface area contributed by atoms with E-state index in [4.69, 9.17) is 9.73 Å². The van der Waals surface area contributed by atoms with Crippen molar-refractivity contribution in [1.82, 2.24) is 20.0 Å². The second-order valence-electron chi connectivity index (χ2n) is 8.20. The minimum absolute atomic E-state index is 0.00844. The molecule has 2 saturated heterocycles. The Morgan fingerprint density at radius 2 is 1.94 bits per heavy atom. The Morgan fingerprint density at radius 1 is 1.19 bits per heavy atom. The van der Waals surface area contributed by atoms with Gasteiger partial charge < -0.3 is 24.8 Å². The van der Waals surface area contributed by atoms with E-state index in [1.807, 2.05) is 29.2 Å². The molecule has 2 amide bonds. The zero-order valence-electron chi connectivity index (χ0n) is 19.0. The number of benzene rings is 1. The molecule has 0 spiro atoms. The van der Waals surface area contributed by atoms with Gasteiger partial charge in [0.15, 0.2) is 5.96 Å². The van der Waals surface area contributed by atoms with Crippen molar-refractivity contribution in [3.05, 3.63) is 35.4 Å². The average Bonchev–Trinajstić information content (AvgIpc) is 3.33. The van der Waals surface area contributed by atoms with Crippen LogP contribution in [-0.2, 0) is 16.0 Å². The van der Waals surface area contributed by atoms with E-state index in [2.05, 4.69) is 17.1 Å². The Bertz CT molecular complexity index is 781. The first-order valence-corrected chi connectivity index (χ1v) is 11.2. The lowest BCUT2D eigenvalue weighted by atomic mass is 10.1. The number of hydrogen-bond donors (Lipinski definition) is 1. The predicted molar refractivity (Wildman–Crippen MR) is 121 cm³/mol. The maximum atomic E-state index is 12.6. The monoisotopic (exact) mass is 429 g/mol. The highest BCUT2D eigenvalue weighted by Gasteiger charge is 2.30. The van der Waals surface area contributed by atoms with Crippen molar-refractivity contribution in [1.29, 1.82) is 0 Å². The second-order valence-corrected chi connectivity index (χ2v) is 8.20. The number of nitrogens with one attached hydrogen (secondary N) is 1. The molecule has 8 heteroatoms. The summed E-state index contributed by atoms with van der Waals surface area (Å²) in [5.41, 5.74) is 1.80. The standard InChI is InChI=1S/C23H35N5O3/c1-4-24-23(25-11-10-18-7-5-8-19(17-18)21(29)26(2)3)28-14-12-27(13-15-28)22(30)20-9-6-16-31-20/h5,7-8,17,20H,4,6,9-16H2,1-3H3,(H,24,25). The number of guanidine groups is 1. The van der Waals surface area contributed by atoms with Gasteiger partial charge >= 0.3 is 0 Å². The Hall–Kier alpha value is -2.61. The fourth-order valence-electron chi connectivity index (χ4n) is 3.95. The van der Waals surface area contributed by atoms with Crippen molar-refractivity contribution in [2.24, 2.45) is 4.99 Å². The highest BCUT2D eigenvalue weighted by atomic mass is 16.5. The van der Waals surface area contributed by atoms with Crippen LogP contribution in [0.4, 0.5) is 0 Å². The molecule has 1 aromatic rings. The summed E-state index contributed by atoms with van der Waals surface area (Å²) in [6, 6.07) is 7.74. The molecular weight excluding hydrogens is 394 g/mol. The van der Waals surface area contributed by atoms with E-state index in [1.165, 1.54) is 0 Å². The second kappa shape index (κ2) is 11.1. The molecule has 2 heterocycles. The number of amides is 2. The van der Waals surface area contributed by atoms with Gasteiger partial charge in [-0.15, -0.1) is 0 Å². The molecular formula is C23H35N5O3. The number of hydrogen-bond acceptors (Lipinski definition) is 4. The summed E-state index contributed by atoms with van der Waals surface area (Å²) in [5.74, 6) is 1.02. The summed E-state index contributed by atoms with van der Waals surface area (Å²) < 4.78 is 5.55. The highest BCUT2D eigenvalue weighted by molar-refractivity contribution is 5.94. The molecule has 3 rings (SSSR count). The maximum absolute atomic E-state index is 12.6. The predicted octanol–water partition coefficient (Wildman–Crippen LogP) is 1.22. The third-order valence-electron chi connectivity index (χ3n) is 5.67. The summed E-state index contributed by atoms with van der Waals surface area (Å²) in [6.07, 6.45) is 2.33. The van der Waals surface area contributed by atoms with Crippen LogP contribution in [0.15, 0.2) is 29.3 Å². The molecule has 1 aromatic carbocycles. The summed E-state index contributed by atoms with van der Waals surface area (Å²) >= 11 is 0. The minimum atomic E-state index is -0.247. The van der Waals surface area contributed by atoms with Crippen molar-refractivity contribution in [2.45, 2.75) is 32.3 Å². The van der Waals surface area contributed by atoms with Crippen LogP contribution in [0.5, 0.6) is 0 Å². The first kappa shape index (κ1) is 23.1. The zero-order valence-corrected chi connectivity index (χ0v) is 19.0. The number of piperazine rings is 1. The van der Waals surface area contributed by atoms with Crippen LogP contribution in [-0.4, -0.2) is 98.5 Å². The van der Waals surface area contributed by atoms with Crippen LogP contribution in [0.25, 0.3) is 0 Å². The molecule has 1 atom stereocenters. The van der Waals surface area contributed by atoms with Crippen LogP contribution in [0.2, 0.25) is 0 Å². The normalized spacial score (nSPS) is 19.5. The molecule has 8 nitrogen and oxygen atoms in total. The summed E-state index contributed by atoms with van der Waals surface area (Å²) in [6.45, 7) is 7.09. The number of carbonyl (C=O) groups is 2. The smallest absolute Gasteiger partial charge is 0.253 e. The molecule has 0 aromatic heterocycles. The minimum Gasteiger partial charge on any atom is -0.368 e. The van der Waals surface area contributed by atoms with E-state index in [0.29, 0.717) is 31.8 Å². The fourth-order valence-corrected chi connectivity index (χ4v) is 3.95. The van der Waals surface area contributed by atoms with Gasteiger partial charge in [-0.25, -0.2) is 0 Å². The van der Waals surface area contributed by atoms with Crippen LogP contribution in [0.3, 0.4) is 0 Å². The molecule has 2 aliphatic rings. The topological polar surface area (TPSA) is 77.5 Å². The van der Waals surface area contributed by atoms with Crippen molar-refractivity contribution < 1.29 is 14.3 Å². The van der Waals surface area contributed by atoms with Crippen LogP contribution < -0.4 is 5.32 Å². The Balaban J connectivity index is 1.54. The molecule has 1 N–H and O–H groups in total.